The Morgan fingerprint density at radius 3 is 2.59 bits per heavy atom. The molecule has 0 radical (unpaired) electrons. The maximum Gasteiger partial charge on any atom is 0.421 e. The van der Waals surface area contributed by atoms with Crippen molar-refractivity contribution in [2.24, 2.45) is 10.7 Å². The van der Waals surface area contributed by atoms with Crippen molar-refractivity contribution in [3.05, 3.63) is 28.3 Å². The average molecular weight is 478 g/mol. The summed E-state index contributed by atoms with van der Waals surface area (Å²) in [6, 6.07) is -0.147. The number of aromatic nitrogens is 2. The van der Waals surface area contributed by atoms with Gasteiger partial charge in [-0.15, -0.1) is 0 Å². The van der Waals surface area contributed by atoms with E-state index in [1.807, 2.05) is 0 Å². The summed E-state index contributed by atoms with van der Waals surface area (Å²) in [5.41, 5.74) is 5.45. The van der Waals surface area contributed by atoms with Crippen molar-refractivity contribution in [2.75, 3.05) is 20.1 Å². The molecule has 1 aromatic heterocycles. The first-order valence-corrected chi connectivity index (χ1v) is 11.2. The molecule has 178 valence electrons. The monoisotopic (exact) mass is 477 g/mol. The highest BCUT2D eigenvalue weighted by molar-refractivity contribution is 6.30. The lowest BCUT2D eigenvalue weighted by atomic mass is 9.91. The molecule has 2 fully saturated rings. The van der Waals surface area contributed by atoms with E-state index in [9.17, 15) is 13.2 Å². The molecule has 4 N–H and O–H groups in total. The fourth-order valence-corrected chi connectivity index (χ4v) is 5.24. The van der Waals surface area contributed by atoms with E-state index in [0.717, 1.165) is 19.4 Å². The second kappa shape index (κ2) is 8.83. The number of halogens is 5. The highest BCUT2D eigenvalue weighted by Gasteiger charge is 2.43. The number of hydrogen-bond donors (Lipinski definition) is 3. The van der Waals surface area contributed by atoms with Crippen molar-refractivity contribution in [1.82, 2.24) is 25.3 Å². The summed E-state index contributed by atoms with van der Waals surface area (Å²) in [6.45, 7) is 1.06. The van der Waals surface area contributed by atoms with Gasteiger partial charge in [0.1, 0.15) is 22.7 Å². The third-order valence-corrected chi connectivity index (χ3v) is 7.00. The number of nitrogens with one attached hydrogen (secondary N) is 2. The molecule has 3 atom stereocenters. The Kier molecular flexibility index (Phi) is 6.43. The number of piperidine rings is 1. The van der Waals surface area contributed by atoms with Gasteiger partial charge in [0.05, 0.1) is 17.8 Å². The van der Waals surface area contributed by atoms with E-state index in [-0.39, 0.29) is 16.5 Å². The van der Waals surface area contributed by atoms with Crippen molar-refractivity contribution in [1.29, 1.82) is 0 Å². The van der Waals surface area contributed by atoms with Crippen LogP contribution in [-0.4, -0.2) is 59.4 Å². The summed E-state index contributed by atoms with van der Waals surface area (Å²) < 4.78 is 56.2. The molecule has 32 heavy (non-hydrogen) atoms. The lowest BCUT2D eigenvalue weighted by Gasteiger charge is -2.41. The first-order valence-electron chi connectivity index (χ1n) is 10.9. The fourth-order valence-electron chi connectivity index (χ4n) is 4.87. The first kappa shape index (κ1) is 23.3. The van der Waals surface area contributed by atoms with E-state index in [4.69, 9.17) is 17.3 Å². The highest BCUT2D eigenvalue weighted by atomic mass is 35.5. The van der Waals surface area contributed by atoms with Crippen LogP contribution in [0.1, 0.15) is 50.1 Å². The number of hydrogen-bond acceptors (Lipinski definition) is 6. The van der Waals surface area contributed by atoms with E-state index < -0.39 is 29.7 Å². The molecule has 1 aromatic rings. The zero-order valence-electron chi connectivity index (χ0n) is 17.8. The SMILES string of the molecule is CNC1=C(C(F)(F)F)C=NC(N)(c2cnn([C@@H]3CCN(C4CCCCC4)C[C@H]3F)c2Cl)N1. The van der Waals surface area contributed by atoms with Crippen molar-refractivity contribution >= 4 is 17.8 Å². The van der Waals surface area contributed by atoms with Crippen molar-refractivity contribution in [2.45, 2.75) is 68.7 Å². The van der Waals surface area contributed by atoms with Gasteiger partial charge in [0.2, 0.25) is 5.79 Å². The molecule has 3 aliphatic rings. The quantitative estimate of drug-likeness (QED) is 0.580. The first-order chi connectivity index (χ1) is 15.1. The van der Waals surface area contributed by atoms with E-state index in [1.54, 1.807) is 0 Å². The third kappa shape index (κ3) is 4.34. The zero-order valence-corrected chi connectivity index (χ0v) is 18.6. The predicted molar refractivity (Wildman–Crippen MR) is 114 cm³/mol. The number of alkyl halides is 4. The third-order valence-electron chi connectivity index (χ3n) is 6.63. The van der Waals surface area contributed by atoms with Gasteiger partial charge >= 0.3 is 6.18 Å². The van der Waals surface area contributed by atoms with Gasteiger partial charge in [0.25, 0.3) is 0 Å². The minimum absolute atomic E-state index is 0.0572. The minimum Gasteiger partial charge on any atom is -0.374 e. The zero-order chi connectivity index (χ0) is 23.1. The van der Waals surface area contributed by atoms with E-state index in [0.29, 0.717) is 25.2 Å². The summed E-state index contributed by atoms with van der Waals surface area (Å²) in [4.78, 5) is 6.09. The normalized spacial score (nSPS) is 30.5. The number of rotatable bonds is 4. The number of aliphatic imine (C=N–C) groups is 1. The van der Waals surface area contributed by atoms with Crippen LogP contribution in [0, 0.1) is 0 Å². The minimum atomic E-state index is -4.61. The molecule has 0 spiro atoms. The molecule has 7 nitrogen and oxygen atoms in total. The molecule has 1 saturated carbocycles. The van der Waals surface area contributed by atoms with Crippen LogP contribution in [0.5, 0.6) is 0 Å². The largest absolute Gasteiger partial charge is 0.421 e. The van der Waals surface area contributed by atoms with Crippen LogP contribution in [0.15, 0.2) is 22.6 Å². The van der Waals surface area contributed by atoms with Crippen LogP contribution in [0.4, 0.5) is 17.6 Å². The molecule has 4 rings (SSSR count). The Bertz CT molecular complexity index is 893. The van der Waals surface area contributed by atoms with Crippen LogP contribution in [-0.2, 0) is 5.79 Å². The molecule has 0 bridgehead atoms. The van der Waals surface area contributed by atoms with Crippen LogP contribution < -0.4 is 16.4 Å². The summed E-state index contributed by atoms with van der Waals surface area (Å²) in [5.74, 6) is -2.10. The van der Waals surface area contributed by atoms with E-state index in [2.05, 4.69) is 25.6 Å². The van der Waals surface area contributed by atoms with Gasteiger partial charge in [-0.05, 0) is 19.3 Å². The molecular formula is C20H28ClF4N7. The molecule has 12 heteroatoms. The van der Waals surface area contributed by atoms with Gasteiger partial charge in [-0.2, -0.15) is 18.3 Å². The van der Waals surface area contributed by atoms with E-state index in [1.165, 1.54) is 37.2 Å². The molecule has 2 aliphatic heterocycles. The Labute approximate surface area is 189 Å². The Hall–Kier alpha value is -1.85. The predicted octanol–water partition coefficient (Wildman–Crippen LogP) is 3.19. The molecule has 0 aromatic carbocycles. The summed E-state index contributed by atoms with van der Waals surface area (Å²) in [7, 11) is 1.34. The van der Waals surface area contributed by atoms with Gasteiger partial charge in [-0.3, -0.25) is 10.6 Å². The summed E-state index contributed by atoms with van der Waals surface area (Å²) >= 11 is 6.52. The highest BCUT2D eigenvalue weighted by Crippen LogP contribution is 2.37. The van der Waals surface area contributed by atoms with Gasteiger partial charge in [0, 0.05) is 32.4 Å². The Morgan fingerprint density at radius 2 is 1.97 bits per heavy atom. The summed E-state index contributed by atoms with van der Waals surface area (Å²) in [6.07, 6.45) is 2.55. The number of likely N-dealkylation sites (tertiary alicyclic amines) is 1. The molecule has 1 aliphatic carbocycles. The van der Waals surface area contributed by atoms with Gasteiger partial charge in [0.15, 0.2) is 0 Å². The average Bonchev–Trinajstić information content (AvgIpc) is 3.15. The van der Waals surface area contributed by atoms with Gasteiger partial charge in [-0.25, -0.2) is 14.1 Å². The van der Waals surface area contributed by atoms with Crippen molar-refractivity contribution < 1.29 is 17.6 Å². The van der Waals surface area contributed by atoms with Crippen LogP contribution in [0.3, 0.4) is 0 Å². The number of allylic oxidation sites excluding steroid dienone is 1. The standard InChI is InChI=1S/C20H28ClF4N7/c1-27-18-14(19(23,24)25)9-28-20(26,30-18)13-10-29-32(17(13)21)16-7-8-31(11-15(16)22)12-5-3-2-4-6-12/h9-10,12,15-16,27,30H,2-8,11,26H2,1H3/t15-,16-,20?/m1/s1. The molecule has 1 saturated heterocycles. The van der Waals surface area contributed by atoms with Crippen LogP contribution in [0.25, 0.3) is 0 Å². The molecule has 0 amide bonds. The number of nitrogens with two attached hydrogens (primary N) is 1. The lowest BCUT2D eigenvalue weighted by molar-refractivity contribution is -0.0875. The maximum absolute atomic E-state index is 15.2. The molecule has 3 heterocycles. The van der Waals surface area contributed by atoms with Crippen LogP contribution in [0.2, 0.25) is 5.15 Å². The molecular weight excluding hydrogens is 450 g/mol. The second-order valence-electron chi connectivity index (χ2n) is 8.64. The fraction of sp³-hybridized carbons (Fsp3) is 0.700. The van der Waals surface area contributed by atoms with Crippen molar-refractivity contribution in [3.63, 3.8) is 0 Å². The number of nitrogens with zero attached hydrogens (tertiary/aromatic N) is 4. The summed E-state index contributed by atoms with van der Waals surface area (Å²) in [5, 5.41) is 9.32. The Balaban J connectivity index is 1.52. The molecule has 1 unspecified atom stereocenters. The maximum atomic E-state index is 15.2. The van der Waals surface area contributed by atoms with E-state index >= 15 is 4.39 Å². The lowest BCUT2D eigenvalue weighted by Crippen LogP contribution is -2.53. The smallest absolute Gasteiger partial charge is 0.374 e. The topological polar surface area (TPSA) is 83.5 Å². The van der Waals surface area contributed by atoms with Gasteiger partial charge in [-0.1, -0.05) is 30.9 Å². The Morgan fingerprint density at radius 1 is 1.25 bits per heavy atom. The second-order valence-corrected chi connectivity index (χ2v) is 9.00. The van der Waals surface area contributed by atoms with Gasteiger partial charge < -0.3 is 10.6 Å². The van der Waals surface area contributed by atoms with Crippen molar-refractivity contribution in [3.8, 4) is 0 Å². The van der Waals surface area contributed by atoms with Crippen LogP contribution >= 0.6 is 11.6 Å².